The quantitative estimate of drug-likeness (QED) is 0.337. The van der Waals surface area contributed by atoms with Crippen molar-refractivity contribution in [1.29, 1.82) is 0 Å². The van der Waals surface area contributed by atoms with Gasteiger partial charge >= 0.3 is 0 Å². The van der Waals surface area contributed by atoms with E-state index < -0.39 is 0 Å². The Labute approximate surface area is 119 Å². The highest BCUT2D eigenvalue weighted by Gasteiger charge is 2.26. The van der Waals surface area contributed by atoms with Crippen LogP contribution in [0.1, 0.15) is 36.8 Å². The van der Waals surface area contributed by atoms with Crippen molar-refractivity contribution >= 4 is 5.84 Å². The summed E-state index contributed by atoms with van der Waals surface area (Å²) in [6.07, 6.45) is 4.05. The zero-order valence-electron chi connectivity index (χ0n) is 11.9. The first-order chi connectivity index (χ1) is 9.61. The average molecular weight is 277 g/mol. The monoisotopic (exact) mass is 277 g/mol. The van der Waals surface area contributed by atoms with Gasteiger partial charge in [0.1, 0.15) is 0 Å². The van der Waals surface area contributed by atoms with Crippen LogP contribution < -0.4 is 5.73 Å². The fourth-order valence-electron chi connectivity index (χ4n) is 2.85. The van der Waals surface area contributed by atoms with Gasteiger partial charge in [0.05, 0.1) is 6.10 Å². The maximum absolute atomic E-state index is 10.1. The van der Waals surface area contributed by atoms with Crippen LogP contribution in [0.3, 0.4) is 0 Å². The van der Waals surface area contributed by atoms with E-state index in [4.69, 9.17) is 10.9 Å². The molecule has 0 spiro atoms. The van der Waals surface area contributed by atoms with Gasteiger partial charge < -0.3 is 16.0 Å². The third kappa shape index (κ3) is 3.49. The Bertz CT molecular complexity index is 459. The molecule has 0 bridgehead atoms. The Morgan fingerprint density at radius 1 is 1.30 bits per heavy atom. The summed E-state index contributed by atoms with van der Waals surface area (Å²) >= 11 is 0. The number of benzene rings is 1. The van der Waals surface area contributed by atoms with E-state index in [1.54, 1.807) is 0 Å². The summed E-state index contributed by atoms with van der Waals surface area (Å²) in [5.74, 6) is 0.118. The van der Waals surface area contributed by atoms with Crippen LogP contribution in [-0.4, -0.2) is 40.2 Å². The lowest BCUT2D eigenvalue weighted by Crippen LogP contribution is -2.42. The molecule has 2 atom stereocenters. The van der Waals surface area contributed by atoms with Crippen LogP contribution in [0.4, 0.5) is 0 Å². The first kappa shape index (κ1) is 14.8. The largest absolute Gasteiger partial charge is 0.409 e. The number of nitrogens with zero attached hydrogens (tertiary/aromatic N) is 2. The Morgan fingerprint density at radius 3 is 2.55 bits per heavy atom. The molecule has 0 radical (unpaired) electrons. The Balaban J connectivity index is 1.98. The zero-order valence-corrected chi connectivity index (χ0v) is 11.9. The molecule has 110 valence electrons. The van der Waals surface area contributed by atoms with Crippen LogP contribution in [0, 0.1) is 0 Å². The predicted molar refractivity (Wildman–Crippen MR) is 78.7 cm³/mol. The highest BCUT2D eigenvalue weighted by molar-refractivity contribution is 5.96. The first-order valence-corrected chi connectivity index (χ1v) is 7.07. The van der Waals surface area contributed by atoms with Crippen LogP contribution in [0.15, 0.2) is 29.4 Å². The molecule has 1 aromatic rings. The van der Waals surface area contributed by atoms with E-state index in [0.717, 1.165) is 31.4 Å². The van der Waals surface area contributed by atoms with Crippen molar-refractivity contribution in [1.82, 2.24) is 4.90 Å². The third-order valence-electron chi connectivity index (χ3n) is 4.05. The van der Waals surface area contributed by atoms with Gasteiger partial charge in [-0.25, -0.2) is 0 Å². The van der Waals surface area contributed by atoms with Crippen molar-refractivity contribution < 1.29 is 10.3 Å². The minimum absolute atomic E-state index is 0.118. The van der Waals surface area contributed by atoms with E-state index in [-0.39, 0.29) is 18.0 Å². The van der Waals surface area contributed by atoms with Gasteiger partial charge in [-0.2, -0.15) is 0 Å². The molecule has 2 rings (SSSR count). The standard InChI is InChI=1S/C15H23N3O2/c1-18(13-4-2-3-5-14(13)19)10-11-6-8-12(9-7-11)15(16)17-20/h6-9,13-14,19-20H,2-5,10H2,1H3,(H2,16,17). The molecule has 0 heterocycles. The van der Waals surface area contributed by atoms with E-state index in [9.17, 15) is 5.11 Å². The van der Waals surface area contributed by atoms with Crippen LogP contribution in [0.2, 0.25) is 0 Å². The second-order valence-electron chi connectivity index (χ2n) is 5.52. The summed E-state index contributed by atoms with van der Waals surface area (Å²) in [4.78, 5) is 2.21. The van der Waals surface area contributed by atoms with Crippen molar-refractivity contribution in [3.05, 3.63) is 35.4 Å². The van der Waals surface area contributed by atoms with Gasteiger partial charge in [0.15, 0.2) is 5.84 Å². The number of nitrogens with two attached hydrogens (primary N) is 1. The first-order valence-electron chi connectivity index (χ1n) is 7.07. The predicted octanol–water partition coefficient (Wildman–Crippen LogP) is 1.52. The molecule has 1 saturated carbocycles. The molecular formula is C15H23N3O2. The molecule has 0 saturated heterocycles. The van der Waals surface area contributed by atoms with Gasteiger partial charge in [-0.05, 0) is 25.5 Å². The number of rotatable bonds is 4. The number of hydrogen-bond donors (Lipinski definition) is 3. The van der Waals surface area contributed by atoms with Gasteiger partial charge in [-0.15, -0.1) is 0 Å². The molecule has 20 heavy (non-hydrogen) atoms. The van der Waals surface area contributed by atoms with Crippen molar-refractivity contribution in [3.8, 4) is 0 Å². The summed E-state index contributed by atoms with van der Waals surface area (Å²) in [6, 6.07) is 7.87. The third-order valence-corrected chi connectivity index (χ3v) is 4.05. The van der Waals surface area contributed by atoms with Gasteiger partial charge in [0.25, 0.3) is 0 Å². The highest BCUT2D eigenvalue weighted by atomic mass is 16.4. The molecule has 0 amide bonds. The van der Waals surface area contributed by atoms with Crippen LogP contribution in [0.5, 0.6) is 0 Å². The summed E-state index contributed by atoms with van der Waals surface area (Å²) < 4.78 is 0. The lowest BCUT2D eigenvalue weighted by molar-refractivity contribution is 0.0288. The summed E-state index contributed by atoms with van der Waals surface area (Å²) in [5, 5.41) is 21.7. The number of likely N-dealkylation sites (N-methyl/N-ethyl adjacent to an activating group) is 1. The lowest BCUT2D eigenvalue weighted by atomic mass is 9.91. The molecule has 2 unspecified atom stereocenters. The Morgan fingerprint density at radius 2 is 1.95 bits per heavy atom. The van der Waals surface area contributed by atoms with Crippen molar-refractivity contribution in [2.24, 2.45) is 10.9 Å². The molecule has 1 fully saturated rings. The molecule has 0 aromatic heterocycles. The molecular weight excluding hydrogens is 254 g/mol. The van der Waals surface area contributed by atoms with Gasteiger partial charge in [-0.3, -0.25) is 4.90 Å². The lowest BCUT2D eigenvalue weighted by Gasteiger charge is -2.35. The van der Waals surface area contributed by atoms with Crippen LogP contribution in [-0.2, 0) is 6.54 Å². The van der Waals surface area contributed by atoms with Crippen LogP contribution in [0.25, 0.3) is 0 Å². The summed E-state index contributed by atoms with van der Waals surface area (Å²) in [6.45, 7) is 0.790. The number of hydrogen-bond acceptors (Lipinski definition) is 4. The average Bonchev–Trinajstić information content (AvgIpc) is 2.47. The van der Waals surface area contributed by atoms with Crippen molar-refractivity contribution in [2.75, 3.05) is 7.05 Å². The van der Waals surface area contributed by atoms with E-state index in [1.807, 2.05) is 24.3 Å². The molecule has 4 N–H and O–H groups in total. The summed E-state index contributed by atoms with van der Waals surface area (Å²) in [5.41, 5.74) is 7.39. The maximum atomic E-state index is 10.1. The smallest absolute Gasteiger partial charge is 0.170 e. The number of aliphatic hydroxyl groups excluding tert-OH is 1. The maximum Gasteiger partial charge on any atom is 0.170 e. The number of amidine groups is 1. The Hall–Kier alpha value is -1.59. The van der Waals surface area contributed by atoms with Gasteiger partial charge in [-0.1, -0.05) is 42.3 Å². The summed E-state index contributed by atoms with van der Waals surface area (Å²) in [7, 11) is 2.05. The highest BCUT2D eigenvalue weighted by Crippen LogP contribution is 2.23. The minimum atomic E-state index is -0.217. The zero-order chi connectivity index (χ0) is 14.5. The topological polar surface area (TPSA) is 82.1 Å². The SMILES string of the molecule is CN(Cc1ccc(/C(N)=N/O)cc1)C1CCCCC1O. The fourth-order valence-corrected chi connectivity index (χ4v) is 2.85. The second kappa shape index (κ2) is 6.72. The fraction of sp³-hybridized carbons (Fsp3) is 0.533. The van der Waals surface area contributed by atoms with E-state index in [2.05, 4.69) is 17.1 Å². The molecule has 5 heteroatoms. The van der Waals surface area contributed by atoms with E-state index in [0.29, 0.717) is 5.56 Å². The second-order valence-corrected chi connectivity index (χ2v) is 5.52. The van der Waals surface area contributed by atoms with Gasteiger partial charge in [0.2, 0.25) is 0 Å². The van der Waals surface area contributed by atoms with Gasteiger partial charge in [0, 0.05) is 18.2 Å². The molecule has 1 aromatic carbocycles. The molecule has 1 aliphatic carbocycles. The number of aliphatic hydroxyl groups is 1. The molecule has 5 nitrogen and oxygen atoms in total. The normalized spacial score (nSPS) is 24.1. The van der Waals surface area contributed by atoms with Crippen molar-refractivity contribution in [3.63, 3.8) is 0 Å². The minimum Gasteiger partial charge on any atom is -0.409 e. The van der Waals surface area contributed by atoms with Crippen molar-refractivity contribution in [2.45, 2.75) is 44.4 Å². The van der Waals surface area contributed by atoms with Crippen LogP contribution >= 0.6 is 0 Å². The molecule has 1 aliphatic rings. The van der Waals surface area contributed by atoms with E-state index >= 15 is 0 Å². The van der Waals surface area contributed by atoms with E-state index in [1.165, 1.54) is 6.42 Å². The number of oxime groups is 1. The Kier molecular flexibility index (Phi) is 4.98. The molecule has 0 aliphatic heterocycles.